The molecule has 1 aliphatic heterocycles. The van der Waals surface area contributed by atoms with Gasteiger partial charge in [0.2, 0.25) is 5.91 Å². The zero-order valence-corrected chi connectivity index (χ0v) is 18.6. The Kier molecular flexibility index (Phi) is 5.99. The molecule has 7 nitrogen and oxygen atoms in total. The summed E-state index contributed by atoms with van der Waals surface area (Å²) >= 11 is 0. The number of fused-ring (bicyclic) bond motifs is 1. The molecule has 1 amide bonds. The fraction of sp³-hybridized carbons (Fsp3) is 0.222. The first-order valence-electron chi connectivity index (χ1n) is 11.4. The molecule has 0 saturated carbocycles. The van der Waals surface area contributed by atoms with Crippen molar-refractivity contribution < 1.29 is 14.5 Å². The molecule has 0 aliphatic carbocycles. The first kappa shape index (κ1) is 21.7. The maximum atomic E-state index is 13.2. The number of para-hydroxylation sites is 1. The zero-order chi connectivity index (χ0) is 23.5. The van der Waals surface area contributed by atoms with Crippen LogP contribution in [0, 0.1) is 10.1 Å². The number of nitro groups is 1. The summed E-state index contributed by atoms with van der Waals surface area (Å²) in [5.41, 5.74) is 2.62. The van der Waals surface area contributed by atoms with Crippen LogP contribution in [-0.4, -0.2) is 33.8 Å². The van der Waals surface area contributed by atoms with E-state index in [0.717, 1.165) is 53.7 Å². The molecule has 0 unspecified atom stereocenters. The summed E-state index contributed by atoms with van der Waals surface area (Å²) in [6.07, 6.45) is 4.19. The second-order valence-corrected chi connectivity index (χ2v) is 8.56. The number of non-ortho nitro benzene ring substituents is 1. The highest BCUT2D eigenvalue weighted by Crippen LogP contribution is 2.37. The van der Waals surface area contributed by atoms with Crippen LogP contribution in [0.1, 0.15) is 36.3 Å². The van der Waals surface area contributed by atoms with Gasteiger partial charge in [-0.1, -0.05) is 30.3 Å². The second kappa shape index (κ2) is 9.39. The van der Waals surface area contributed by atoms with Crippen LogP contribution in [0.15, 0.2) is 79.0 Å². The molecular weight excluding hydrogens is 430 g/mol. The molecule has 1 atom stereocenters. The van der Waals surface area contributed by atoms with E-state index < -0.39 is 4.92 Å². The summed E-state index contributed by atoms with van der Waals surface area (Å²) in [7, 11) is 0. The lowest BCUT2D eigenvalue weighted by molar-refractivity contribution is -0.384. The summed E-state index contributed by atoms with van der Waals surface area (Å²) in [5, 5.41) is 12.2. The largest absolute Gasteiger partial charge is 0.457 e. The number of aromatic amines is 1. The van der Waals surface area contributed by atoms with Crippen LogP contribution in [0.25, 0.3) is 10.9 Å². The summed E-state index contributed by atoms with van der Waals surface area (Å²) in [6.45, 7) is 1.56. The van der Waals surface area contributed by atoms with Crippen LogP contribution >= 0.6 is 0 Å². The van der Waals surface area contributed by atoms with E-state index in [1.165, 1.54) is 6.07 Å². The van der Waals surface area contributed by atoms with Gasteiger partial charge in [0.05, 0.1) is 4.92 Å². The molecule has 1 fully saturated rings. The molecule has 2 heterocycles. The number of nitro benzene ring substituents is 1. The number of carbonyl (C=O) groups is 1. The highest BCUT2D eigenvalue weighted by Gasteiger charge is 2.26. The van der Waals surface area contributed by atoms with Gasteiger partial charge in [-0.2, -0.15) is 0 Å². The van der Waals surface area contributed by atoms with Crippen LogP contribution in [0.2, 0.25) is 0 Å². The van der Waals surface area contributed by atoms with E-state index in [1.807, 2.05) is 65.7 Å². The van der Waals surface area contributed by atoms with Crippen LogP contribution in [0.4, 0.5) is 5.69 Å². The van der Waals surface area contributed by atoms with Gasteiger partial charge in [-0.05, 0) is 54.3 Å². The molecule has 1 N–H and O–H groups in total. The summed E-state index contributed by atoms with van der Waals surface area (Å²) in [5.74, 6) is 1.22. The SMILES string of the molecule is O=C(C[C@H](c1cccc(Oc2ccccc2)c1)c1c[nH]c2ccc([N+](=O)[O-])cc12)N1CCCC1. The Balaban J connectivity index is 1.55. The molecule has 34 heavy (non-hydrogen) atoms. The van der Waals surface area contributed by atoms with Gasteiger partial charge in [-0.3, -0.25) is 14.9 Å². The third kappa shape index (κ3) is 4.50. The number of amides is 1. The van der Waals surface area contributed by atoms with Crippen molar-refractivity contribution >= 4 is 22.5 Å². The Hall–Kier alpha value is -4.13. The first-order valence-corrected chi connectivity index (χ1v) is 11.4. The van der Waals surface area contributed by atoms with Crippen molar-refractivity contribution in [1.29, 1.82) is 0 Å². The highest BCUT2D eigenvalue weighted by atomic mass is 16.6. The molecule has 0 bridgehead atoms. The Morgan fingerprint density at radius 3 is 2.53 bits per heavy atom. The van der Waals surface area contributed by atoms with Gasteiger partial charge in [0.1, 0.15) is 11.5 Å². The second-order valence-electron chi connectivity index (χ2n) is 8.56. The summed E-state index contributed by atoms with van der Waals surface area (Å²) in [4.78, 5) is 29.3. The standard InChI is InChI=1S/C27H25N3O4/c31-27(29-13-4-5-14-29)17-23(25-18-28-26-12-11-20(30(32)33)16-24(25)26)19-7-6-10-22(15-19)34-21-8-2-1-3-9-21/h1-3,6-12,15-16,18,23,28H,4-5,13-14,17H2/t23-/m1/s1. The molecule has 0 radical (unpaired) electrons. The van der Waals surface area contributed by atoms with Crippen LogP contribution < -0.4 is 4.74 Å². The van der Waals surface area contributed by atoms with Gasteiger partial charge in [0.15, 0.2) is 0 Å². The molecular formula is C27H25N3O4. The number of H-pyrrole nitrogens is 1. The smallest absolute Gasteiger partial charge is 0.270 e. The van der Waals surface area contributed by atoms with Crippen LogP contribution in [0.3, 0.4) is 0 Å². The maximum absolute atomic E-state index is 13.2. The monoisotopic (exact) mass is 455 g/mol. The molecule has 4 aromatic rings. The fourth-order valence-electron chi connectivity index (χ4n) is 4.63. The van der Waals surface area contributed by atoms with Crippen LogP contribution in [0.5, 0.6) is 11.5 Å². The van der Waals surface area contributed by atoms with E-state index in [0.29, 0.717) is 5.75 Å². The lowest BCUT2D eigenvalue weighted by Crippen LogP contribution is -2.29. The minimum absolute atomic E-state index is 0.0270. The molecule has 0 spiro atoms. The van der Waals surface area contributed by atoms with Crippen molar-refractivity contribution in [3.8, 4) is 11.5 Å². The maximum Gasteiger partial charge on any atom is 0.270 e. The number of nitrogens with one attached hydrogen (secondary N) is 1. The highest BCUT2D eigenvalue weighted by molar-refractivity contribution is 5.87. The predicted molar refractivity (Wildman–Crippen MR) is 130 cm³/mol. The third-order valence-electron chi connectivity index (χ3n) is 6.36. The molecule has 1 aromatic heterocycles. The van der Waals surface area contributed by atoms with Gasteiger partial charge in [0, 0.05) is 54.7 Å². The van der Waals surface area contributed by atoms with Crippen molar-refractivity contribution in [2.75, 3.05) is 13.1 Å². The van der Waals surface area contributed by atoms with E-state index in [1.54, 1.807) is 12.1 Å². The lowest BCUT2D eigenvalue weighted by Gasteiger charge is -2.22. The minimum atomic E-state index is -0.394. The normalized spacial score (nSPS) is 14.3. The molecule has 7 heteroatoms. The van der Waals surface area contributed by atoms with E-state index in [-0.39, 0.29) is 23.9 Å². The lowest BCUT2D eigenvalue weighted by atomic mass is 9.87. The predicted octanol–water partition coefficient (Wildman–Crippen LogP) is 6.01. The molecule has 172 valence electrons. The van der Waals surface area contributed by atoms with Crippen molar-refractivity contribution in [2.24, 2.45) is 0 Å². The zero-order valence-electron chi connectivity index (χ0n) is 18.6. The van der Waals surface area contributed by atoms with Crippen LogP contribution in [-0.2, 0) is 4.79 Å². The number of carbonyl (C=O) groups excluding carboxylic acids is 1. The van der Waals surface area contributed by atoms with E-state index in [9.17, 15) is 14.9 Å². The third-order valence-corrected chi connectivity index (χ3v) is 6.36. The number of rotatable bonds is 7. The summed E-state index contributed by atoms with van der Waals surface area (Å²) < 4.78 is 6.04. The molecule has 1 aliphatic rings. The number of likely N-dealkylation sites (tertiary alicyclic amines) is 1. The number of ether oxygens (including phenoxy) is 1. The average molecular weight is 456 g/mol. The van der Waals surface area contributed by atoms with Crippen molar-refractivity contribution in [2.45, 2.75) is 25.2 Å². The van der Waals surface area contributed by atoms with Gasteiger partial charge >= 0.3 is 0 Å². The first-order chi connectivity index (χ1) is 16.6. The minimum Gasteiger partial charge on any atom is -0.457 e. The van der Waals surface area contributed by atoms with Gasteiger partial charge in [-0.25, -0.2) is 0 Å². The van der Waals surface area contributed by atoms with E-state index >= 15 is 0 Å². The Morgan fingerprint density at radius 2 is 1.76 bits per heavy atom. The summed E-state index contributed by atoms with van der Waals surface area (Å²) in [6, 6.07) is 22.0. The number of benzene rings is 3. The molecule has 1 saturated heterocycles. The van der Waals surface area contributed by atoms with Gasteiger partial charge in [0.25, 0.3) is 5.69 Å². The number of nitrogens with zero attached hydrogens (tertiary/aromatic N) is 2. The Labute approximate surface area is 197 Å². The van der Waals surface area contributed by atoms with E-state index in [2.05, 4.69) is 4.98 Å². The quantitative estimate of drug-likeness (QED) is 0.273. The molecule has 3 aromatic carbocycles. The van der Waals surface area contributed by atoms with Gasteiger partial charge < -0.3 is 14.6 Å². The average Bonchev–Trinajstić information content (AvgIpc) is 3.53. The Bertz CT molecular complexity index is 1330. The topological polar surface area (TPSA) is 88.5 Å². The fourth-order valence-corrected chi connectivity index (χ4v) is 4.63. The number of hydrogen-bond acceptors (Lipinski definition) is 4. The Morgan fingerprint density at radius 1 is 1.00 bits per heavy atom. The number of aromatic nitrogens is 1. The van der Waals surface area contributed by atoms with Gasteiger partial charge in [-0.15, -0.1) is 0 Å². The molecule has 5 rings (SSSR count). The van der Waals surface area contributed by atoms with E-state index in [4.69, 9.17) is 4.74 Å². The van der Waals surface area contributed by atoms with Crippen molar-refractivity contribution in [1.82, 2.24) is 9.88 Å². The number of hydrogen-bond donors (Lipinski definition) is 1. The van der Waals surface area contributed by atoms with Crippen molar-refractivity contribution in [3.63, 3.8) is 0 Å². The van der Waals surface area contributed by atoms with Crippen molar-refractivity contribution in [3.05, 3.63) is 100 Å².